The summed E-state index contributed by atoms with van der Waals surface area (Å²) in [5.41, 5.74) is 3.93. The third kappa shape index (κ3) is 4.62. The average molecular weight is 447 g/mol. The van der Waals surface area contributed by atoms with Crippen LogP contribution in [0.15, 0.2) is 66.4 Å². The molecule has 0 spiro atoms. The summed E-state index contributed by atoms with van der Waals surface area (Å²) in [5, 5.41) is 7.29. The molecule has 0 radical (unpaired) electrons. The second-order valence-electron chi connectivity index (χ2n) is 7.76. The molecule has 3 heterocycles. The fraction of sp³-hybridized carbons (Fsp3) is 0.292. The van der Waals surface area contributed by atoms with Crippen LogP contribution in [0.4, 0.5) is 5.95 Å². The molecule has 4 rings (SSSR count). The number of hydrogen-bond donors (Lipinski definition) is 1. The van der Waals surface area contributed by atoms with Gasteiger partial charge in [-0.2, -0.15) is 10.1 Å². The molecule has 0 saturated heterocycles. The Kier molecular flexibility index (Phi) is 6.48. The lowest BCUT2D eigenvalue weighted by Crippen LogP contribution is -2.42. The number of rotatable bonds is 7. The number of benzene rings is 1. The maximum absolute atomic E-state index is 13.1. The molecule has 170 valence electrons. The standard InChI is InChI=1S/C24H26N6O3/c1-4-33-23(32)21-17(3)29(14-20(31)26-13-18-6-5-11-25-12-18)24-27-15-28-30(24)22(21)19-9-7-16(2)8-10-19/h5-12,15,22H,4,13-14H2,1-3H3,(H,26,31)/t22-/m1/s1. The van der Waals surface area contributed by atoms with E-state index in [1.165, 1.54) is 6.33 Å². The van der Waals surface area contributed by atoms with E-state index in [2.05, 4.69) is 20.4 Å². The third-order valence-corrected chi connectivity index (χ3v) is 5.51. The van der Waals surface area contributed by atoms with Gasteiger partial charge in [0.15, 0.2) is 0 Å². The molecule has 1 amide bonds. The van der Waals surface area contributed by atoms with Gasteiger partial charge in [0, 0.05) is 24.6 Å². The summed E-state index contributed by atoms with van der Waals surface area (Å²) >= 11 is 0. The van der Waals surface area contributed by atoms with Crippen LogP contribution in [0.25, 0.3) is 0 Å². The van der Waals surface area contributed by atoms with Crippen molar-refractivity contribution in [1.82, 2.24) is 25.1 Å². The summed E-state index contributed by atoms with van der Waals surface area (Å²) < 4.78 is 7.05. The first kappa shape index (κ1) is 22.2. The average Bonchev–Trinajstić information content (AvgIpc) is 3.30. The molecule has 0 saturated carbocycles. The second kappa shape index (κ2) is 9.64. The Morgan fingerprint density at radius 3 is 2.64 bits per heavy atom. The lowest BCUT2D eigenvalue weighted by atomic mass is 9.94. The van der Waals surface area contributed by atoms with Gasteiger partial charge in [0.25, 0.3) is 0 Å². The SMILES string of the molecule is CCOC(=O)C1=C(C)N(CC(=O)NCc2cccnc2)c2ncnn2[C@@H]1c1ccc(C)cc1. The molecule has 0 fully saturated rings. The molecule has 1 aliphatic heterocycles. The molecular weight excluding hydrogens is 420 g/mol. The molecule has 33 heavy (non-hydrogen) atoms. The Balaban J connectivity index is 1.67. The van der Waals surface area contributed by atoms with E-state index < -0.39 is 12.0 Å². The van der Waals surface area contributed by atoms with Gasteiger partial charge in [-0.1, -0.05) is 35.9 Å². The van der Waals surface area contributed by atoms with Crippen molar-refractivity contribution < 1.29 is 14.3 Å². The number of carbonyl (C=O) groups is 2. The summed E-state index contributed by atoms with van der Waals surface area (Å²) in [5.74, 6) is -0.171. The van der Waals surface area contributed by atoms with E-state index in [-0.39, 0.29) is 19.1 Å². The number of aromatic nitrogens is 4. The summed E-state index contributed by atoms with van der Waals surface area (Å²) in [7, 11) is 0. The number of carbonyl (C=O) groups excluding carboxylic acids is 2. The highest BCUT2D eigenvalue weighted by atomic mass is 16.5. The van der Waals surface area contributed by atoms with E-state index in [0.29, 0.717) is 23.8 Å². The number of hydrogen-bond acceptors (Lipinski definition) is 7. The zero-order valence-corrected chi connectivity index (χ0v) is 18.9. The number of allylic oxidation sites excluding steroid dienone is 1. The highest BCUT2D eigenvalue weighted by Gasteiger charge is 2.38. The second-order valence-corrected chi connectivity index (χ2v) is 7.76. The van der Waals surface area contributed by atoms with E-state index >= 15 is 0 Å². The van der Waals surface area contributed by atoms with Crippen LogP contribution in [-0.4, -0.2) is 44.8 Å². The summed E-state index contributed by atoms with van der Waals surface area (Å²) in [4.78, 5) is 36.0. The maximum atomic E-state index is 13.1. The lowest BCUT2D eigenvalue weighted by molar-refractivity contribution is -0.139. The minimum absolute atomic E-state index is 0.0195. The quantitative estimate of drug-likeness (QED) is 0.557. The van der Waals surface area contributed by atoms with Crippen LogP contribution in [0.1, 0.15) is 36.6 Å². The van der Waals surface area contributed by atoms with E-state index in [1.807, 2.05) is 43.3 Å². The van der Waals surface area contributed by atoms with Crippen molar-refractivity contribution in [3.05, 3.63) is 83.1 Å². The molecule has 1 aromatic carbocycles. The van der Waals surface area contributed by atoms with Crippen molar-refractivity contribution in [3.63, 3.8) is 0 Å². The van der Waals surface area contributed by atoms with E-state index in [0.717, 1.165) is 16.7 Å². The Hall–Kier alpha value is -4.01. The number of ether oxygens (including phenoxy) is 1. The van der Waals surface area contributed by atoms with Gasteiger partial charge in [-0.3, -0.25) is 9.78 Å². The minimum Gasteiger partial charge on any atom is -0.463 e. The van der Waals surface area contributed by atoms with Crippen LogP contribution < -0.4 is 10.2 Å². The monoisotopic (exact) mass is 446 g/mol. The molecule has 0 unspecified atom stereocenters. The van der Waals surface area contributed by atoms with E-state index in [4.69, 9.17) is 4.74 Å². The highest BCUT2D eigenvalue weighted by Crippen LogP contribution is 2.38. The largest absolute Gasteiger partial charge is 0.463 e. The summed E-state index contributed by atoms with van der Waals surface area (Å²) in [6.45, 7) is 6.15. The van der Waals surface area contributed by atoms with Crippen LogP contribution in [0.3, 0.4) is 0 Å². The third-order valence-electron chi connectivity index (χ3n) is 5.51. The van der Waals surface area contributed by atoms with Gasteiger partial charge >= 0.3 is 5.97 Å². The normalized spacial score (nSPS) is 15.2. The molecule has 3 aromatic rings. The van der Waals surface area contributed by atoms with Crippen molar-refractivity contribution >= 4 is 17.8 Å². The first-order valence-electron chi connectivity index (χ1n) is 10.8. The smallest absolute Gasteiger partial charge is 0.338 e. The van der Waals surface area contributed by atoms with Crippen LogP contribution in [-0.2, 0) is 20.9 Å². The lowest BCUT2D eigenvalue weighted by Gasteiger charge is -2.35. The van der Waals surface area contributed by atoms with Crippen molar-refractivity contribution in [1.29, 1.82) is 0 Å². The number of esters is 1. The van der Waals surface area contributed by atoms with Crippen LogP contribution in [0.2, 0.25) is 0 Å². The molecule has 0 aliphatic carbocycles. The van der Waals surface area contributed by atoms with E-state index in [9.17, 15) is 9.59 Å². The fourth-order valence-electron chi connectivity index (χ4n) is 3.85. The number of anilines is 1. The minimum atomic E-state index is -0.503. The fourth-order valence-corrected chi connectivity index (χ4v) is 3.85. The van der Waals surface area contributed by atoms with Gasteiger partial charge in [0.1, 0.15) is 18.9 Å². The summed E-state index contributed by atoms with van der Waals surface area (Å²) in [6.07, 6.45) is 4.81. The predicted octanol–water partition coefficient (Wildman–Crippen LogP) is 2.54. The molecule has 2 aromatic heterocycles. The Morgan fingerprint density at radius 1 is 1.15 bits per heavy atom. The van der Waals surface area contributed by atoms with Gasteiger partial charge in [-0.05, 0) is 38.0 Å². The molecular formula is C24H26N6O3. The zero-order valence-electron chi connectivity index (χ0n) is 18.9. The number of nitrogens with zero attached hydrogens (tertiary/aromatic N) is 5. The number of aryl methyl sites for hydroxylation is 1. The van der Waals surface area contributed by atoms with Crippen molar-refractivity contribution in [2.75, 3.05) is 18.1 Å². The predicted molar refractivity (Wildman–Crippen MR) is 122 cm³/mol. The zero-order chi connectivity index (χ0) is 23.4. The van der Waals surface area contributed by atoms with Gasteiger partial charge in [-0.25, -0.2) is 9.48 Å². The van der Waals surface area contributed by atoms with Crippen molar-refractivity contribution in [2.24, 2.45) is 0 Å². The first-order chi connectivity index (χ1) is 16.0. The van der Waals surface area contributed by atoms with Gasteiger partial charge in [-0.15, -0.1) is 0 Å². The van der Waals surface area contributed by atoms with Crippen LogP contribution in [0.5, 0.6) is 0 Å². The molecule has 9 heteroatoms. The number of nitrogens with one attached hydrogen (secondary N) is 1. The Labute approximate surface area is 192 Å². The number of fused-ring (bicyclic) bond motifs is 1. The number of amides is 1. The molecule has 1 aliphatic rings. The van der Waals surface area contributed by atoms with Crippen molar-refractivity contribution in [2.45, 2.75) is 33.4 Å². The molecule has 1 N–H and O–H groups in total. The summed E-state index contributed by atoms with van der Waals surface area (Å²) in [6, 6.07) is 11.1. The van der Waals surface area contributed by atoms with E-state index in [1.54, 1.807) is 35.8 Å². The topological polar surface area (TPSA) is 102 Å². The molecule has 0 bridgehead atoms. The Bertz CT molecular complexity index is 1170. The van der Waals surface area contributed by atoms with Gasteiger partial charge in [0.2, 0.25) is 11.9 Å². The van der Waals surface area contributed by atoms with Gasteiger partial charge in [0.05, 0.1) is 12.2 Å². The Morgan fingerprint density at radius 2 is 1.94 bits per heavy atom. The van der Waals surface area contributed by atoms with Crippen LogP contribution >= 0.6 is 0 Å². The van der Waals surface area contributed by atoms with Gasteiger partial charge < -0.3 is 15.0 Å². The molecule has 9 nitrogen and oxygen atoms in total. The maximum Gasteiger partial charge on any atom is 0.338 e. The highest BCUT2D eigenvalue weighted by molar-refractivity contribution is 5.93. The molecule has 1 atom stereocenters. The van der Waals surface area contributed by atoms with Crippen LogP contribution in [0, 0.1) is 6.92 Å². The first-order valence-corrected chi connectivity index (χ1v) is 10.8. The number of pyridine rings is 1. The van der Waals surface area contributed by atoms with Crippen molar-refractivity contribution in [3.8, 4) is 0 Å².